The lowest BCUT2D eigenvalue weighted by atomic mass is 9.87. The quantitative estimate of drug-likeness (QED) is 0.0530. The summed E-state index contributed by atoms with van der Waals surface area (Å²) in [5.41, 5.74) is -0.348. The topological polar surface area (TPSA) is 73.3 Å². The van der Waals surface area contributed by atoms with E-state index in [1.54, 1.807) is 0 Å². The molecule has 268 valence electrons. The average molecular weight is 648 g/mol. The van der Waals surface area contributed by atoms with Crippen molar-refractivity contribution in [2.75, 3.05) is 19.7 Å². The van der Waals surface area contributed by atoms with E-state index in [4.69, 9.17) is 4.74 Å². The van der Waals surface area contributed by atoms with Crippen molar-refractivity contribution in [3.63, 3.8) is 0 Å². The summed E-state index contributed by atoms with van der Waals surface area (Å²) in [7, 11) is 0. The smallest absolute Gasteiger partial charge is 0.311 e. The molecule has 0 aromatic heterocycles. The van der Waals surface area contributed by atoms with E-state index in [1.165, 1.54) is 173 Å². The molecule has 0 heterocycles. The summed E-state index contributed by atoms with van der Waals surface area (Å²) in [5, 5.41) is 3.53. The number of carbonyl (C=O) groups excluding carboxylic acids is 1. The molecule has 0 spiro atoms. The summed E-state index contributed by atoms with van der Waals surface area (Å²) in [6.45, 7) is 11.3. The fourth-order valence-corrected chi connectivity index (χ4v) is 5.99. The molecule has 0 atom stereocenters. The van der Waals surface area contributed by atoms with Gasteiger partial charge in [-0.1, -0.05) is 187 Å². The first kappa shape index (κ1) is 48.1. The third-order valence-corrected chi connectivity index (χ3v) is 9.15. The van der Waals surface area contributed by atoms with E-state index in [9.17, 15) is 4.79 Å². The van der Waals surface area contributed by atoms with Gasteiger partial charge >= 0.3 is 5.97 Å². The predicted molar refractivity (Wildman–Crippen MR) is 200 cm³/mol. The molecule has 0 aromatic rings. The molecule has 0 radical (unpaired) electrons. The minimum absolute atomic E-state index is 0. The van der Waals surface area contributed by atoms with Crippen LogP contribution in [0, 0.1) is 5.41 Å². The number of rotatable bonds is 35. The molecule has 4 nitrogen and oxygen atoms in total. The Balaban J connectivity index is -0.00000840. The van der Waals surface area contributed by atoms with Crippen LogP contribution in [0.25, 0.3) is 0 Å². The first-order valence-electron chi connectivity index (χ1n) is 19.4. The van der Waals surface area contributed by atoms with Gasteiger partial charge in [-0.05, 0) is 46.2 Å². The van der Waals surface area contributed by atoms with Crippen molar-refractivity contribution in [1.82, 2.24) is 11.5 Å². The van der Waals surface area contributed by atoms with Gasteiger partial charge in [-0.3, -0.25) is 4.79 Å². The van der Waals surface area contributed by atoms with E-state index in [1.807, 2.05) is 0 Å². The Morgan fingerprint density at radius 3 is 1.14 bits per heavy atom. The van der Waals surface area contributed by atoms with Crippen molar-refractivity contribution in [2.24, 2.45) is 5.41 Å². The zero-order valence-electron chi connectivity index (χ0n) is 30.8. The van der Waals surface area contributed by atoms with Crippen LogP contribution in [0.3, 0.4) is 0 Å². The summed E-state index contributed by atoms with van der Waals surface area (Å²) in [4.78, 5) is 12.6. The first-order valence-corrected chi connectivity index (χ1v) is 19.4. The van der Waals surface area contributed by atoms with Crippen LogP contribution in [0.15, 0.2) is 0 Å². The molecule has 0 aliphatic heterocycles. The maximum absolute atomic E-state index is 12.6. The van der Waals surface area contributed by atoms with E-state index in [0.717, 1.165) is 32.4 Å². The molecule has 0 saturated carbocycles. The van der Waals surface area contributed by atoms with Crippen LogP contribution < -0.4 is 11.5 Å². The molecule has 0 aromatic carbocycles. The van der Waals surface area contributed by atoms with Gasteiger partial charge in [0.25, 0.3) is 0 Å². The third-order valence-electron chi connectivity index (χ3n) is 9.15. The van der Waals surface area contributed by atoms with Crippen LogP contribution in [0.5, 0.6) is 0 Å². The van der Waals surface area contributed by atoms with Crippen molar-refractivity contribution in [1.29, 1.82) is 0 Å². The average Bonchev–Trinajstić information content (AvgIpc) is 2.98. The van der Waals surface area contributed by atoms with Gasteiger partial charge in [-0.15, -0.1) is 12.4 Å². The standard InChI is InChI=1S/C39H79NO2.ClH.H3N/c1-5-7-9-11-13-15-17-19-20-21-22-24-26-28-30-32-35-40-36-33-37-42-38(41)39(3,4)34-31-29-27-25-23-18-16-14-12-10-8-6-2;;/h40H,5-37H2,1-4H3;1H;1H3. The van der Waals surface area contributed by atoms with Crippen molar-refractivity contribution >= 4 is 18.4 Å². The number of halogens is 1. The number of hydrogen-bond acceptors (Lipinski definition) is 4. The zero-order valence-corrected chi connectivity index (χ0v) is 31.6. The highest BCUT2D eigenvalue weighted by atomic mass is 35.5. The van der Waals surface area contributed by atoms with Gasteiger partial charge in [0, 0.05) is 0 Å². The summed E-state index contributed by atoms with van der Waals surface area (Å²) in [5.74, 6) is -0.0108. The summed E-state index contributed by atoms with van der Waals surface area (Å²) in [6, 6.07) is 0. The molecule has 44 heavy (non-hydrogen) atoms. The number of carbonyl (C=O) groups is 1. The van der Waals surface area contributed by atoms with Gasteiger partial charge in [0.1, 0.15) is 0 Å². The number of hydrogen-bond donors (Lipinski definition) is 2. The van der Waals surface area contributed by atoms with Gasteiger partial charge in [0.2, 0.25) is 0 Å². The van der Waals surface area contributed by atoms with Crippen molar-refractivity contribution in [2.45, 2.75) is 220 Å². The number of esters is 1. The van der Waals surface area contributed by atoms with Crippen LogP contribution in [-0.2, 0) is 9.53 Å². The molecule has 0 unspecified atom stereocenters. The molecule has 0 saturated heterocycles. The predicted octanol–water partition coefficient (Wildman–Crippen LogP) is 13.5. The monoisotopic (exact) mass is 647 g/mol. The third kappa shape index (κ3) is 36.2. The SMILES string of the molecule is CCCCCCCCCCCCCCCCCCNCCCOC(=O)C(C)(C)CCCCCCCCCCCCCC.Cl.N. The van der Waals surface area contributed by atoms with E-state index in [-0.39, 0.29) is 29.9 Å². The van der Waals surface area contributed by atoms with Gasteiger partial charge in [0.05, 0.1) is 12.0 Å². The molecule has 0 aliphatic rings. The van der Waals surface area contributed by atoms with Crippen LogP contribution in [0.4, 0.5) is 0 Å². The number of nitrogens with one attached hydrogen (secondary N) is 1. The molecular formula is C39H83ClN2O2. The molecule has 0 fully saturated rings. The van der Waals surface area contributed by atoms with Crippen molar-refractivity contribution in [3.05, 3.63) is 0 Å². The Labute approximate surface area is 284 Å². The maximum atomic E-state index is 12.6. The molecule has 5 heteroatoms. The fourth-order valence-electron chi connectivity index (χ4n) is 5.99. The summed E-state index contributed by atoms with van der Waals surface area (Å²) in [6.07, 6.45) is 40.8. The fraction of sp³-hybridized carbons (Fsp3) is 0.974. The number of unbranched alkanes of at least 4 members (excludes halogenated alkanes) is 26. The molecule has 0 aliphatic carbocycles. The second-order valence-electron chi connectivity index (χ2n) is 14.1. The summed E-state index contributed by atoms with van der Waals surface area (Å²) < 4.78 is 5.62. The highest BCUT2D eigenvalue weighted by Gasteiger charge is 2.28. The second kappa shape index (κ2) is 38.9. The maximum Gasteiger partial charge on any atom is 0.311 e. The zero-order chi connectivity index (χ0) is 30.8. The molecular weight excluding hydrogens is 564 g/mol. The Kier molecular flexibility index (Phi) is 42.5. The lowest BCUT2D eigenvalue weighted by Crippen LogP contribution is -2.28. The molecule has 0 rings (SSSR count). The van der Waals surface area contributed by atoms with E-state index in [2.05, 4.69) is 33.0 Å². The molecule has 4 N–H and O–H groups in total. The normalized spacial score (nSPS) is 11.3. The van der Waals surface area contributed by atoms with E-state index < -0.39 is 0 Å². The number of ether oxygens (including phenoxy) is 1. The molecule has 0 amide bonds. The lowest BCUT2D eigenvalue weighted by molar-refractivity contribution is -0.154. The molecule has 0 bridgehead atoms. The van der Waals surface area contributed by atoms with E-state index in [0.29, 0.717) is 6.61 Å². The van der Waals surface area contributed by atoms with Crippen molar-refractivity contribution in [3.8, 4) is 0 Å². The highest BCUT2D eigenvalue weighted by Crippen LogP contribution is 2.26. The Morgan fingerprint density at radius 1 is 0.477 bits per heavy atom. The largest absolute Gasteiger partial charge is 0.465 e. The Hall–Kier alpha value is -0.320. The minimum atomic E-state index is -0.348. The van der Waals surface area contributed by atoms with Crippen LogP contribution >= 0.6 is 12.4 Å². The van der Waals surface area contributed by atoms with Crippen LogP contribution in [0.1, 0.15) is 220 Å². The Morgan fingerprint density at radius 2 is 0.773 bits per heavy atom. The van der Waals surface area contributed by atoms with Gasteiger partial charge < -0.3 is 16.2 Å². The highest BCUT2D eigenvalue weighted by molar-refractivity contribution is 5.85. The van der Waals surface area contributed by atoms with Gasteiger partial charge in [-0.25, -0.2) is 0 Å². The minimum Gasteiger partial charge on any atom is -0.465 e. The van der Waals surface area contributed by atoms with Gasteiger partial charge in [0.15, 0.2) is 0 Å². The summed E-state index contributed by atoms with van der Waals surface area (Å²) >= 11 is 0. The van der Waals surface area contributed by atoms with E-state index >= 15 is 0 Å². The lowest BCUT2D eigenvalue weighted by Gasteiger charge is -2.22. The van der Waals surface area contributed by atoms with Crippen molar-refractivity contribution < 1.29 is 9.53 Å². The first-order chi connectivity index (χ1) is 20.5. The second-order valence-corrected chi connectivity index (χ2v) is 14.1. The van der Waals surface area contributed by atoms with Gasteiger partial charge in [-0.2, -0.15) is 0 Å². The van der Waals surface area contributed by atoms with Crippen LogP contribution in [0.2, 0.25) is 0 Å². The van der Waals surface area contributed by atoms with Crippen LogP contribution in [-0.4, -0.2) is 25.7 Å². The Bertz CT molecular complexity index is 544.